The largest absolute Gasteiger partial charge is 0.320 e. The summed E-state index contributed by atoms with van der Waals surface area (Å²) >= 11 is 0. The summed E-state index contributed by atoms with van der Waals surface area (Å²) in [5.41, 5.74) is 6.46. The van der Waals surface area contributed by atoms with Crippen molar-refractivity contribution in [3.63, 3.8) is 0 Å². The molecule has 1 atom stereocenters. The molecule has 0 unspecified atom stereocenters. The lowest BCUT2D eigenvalue weighted by molar-refractivity contribution is -0.117. The number of nitrogens with one attached hydrogen (secondary N) is 1. The van der Waals surface area contributed by atoms with E-state index in [-0.39, 0.29) is 5.56 Å². The number of carbonyl (C=O) groups excluding carboxylic acids is 1. The summed E-state index contributed by atoms with van der Waals surface area (Å²) in [5, 5.41) is 2.23. The molecule has 0 saturated heterocycles. The van der Waals surface area contributed by atoms with Crippen LogP contribution >= 0.6 is 0 Å². The summed E-state index contributed by atoms with van der Waals surface area (Å²) < 4.78 is 27.4. The van der Waals surface area contributed by atoms with E-state index in [0.717, 1.165) is 11.6 Å². The Labute approximate surface area is 121 Å². The summed E-state index contributed by atoms with van der Waals surface area (Å²) in [6, 6.07) is 10.7. The summed E-state index contributed by atoms with van der Waals surface area (Å²) in [6.45, 7) is 1.49. The number of hydrogen-bond acceptors (Lipinski definition) is 2. The monoisotopic (exact) mass is 290 g/mol. The molecule has 5 heteroatoms. The van der Waals surface area contributed by atoms with E-state index in [0.29, 0.717) is 6.42 Å². The van der Waals surface area contributed by atoms with Gasteiger partial charge in [-0.05, 0) is 30.5 Å². The van der Waals surface area contributed by atoms with Crippen LogP contribution in [0.1, 0.15) is 11.1 Å². The van der Waals surface area contributed by atoms with Crippen molar-refractivity contribution in [3.05, 3.63) is 65.2 Å². The number of halogens is 2. The third kappa shape index (κ3) is 3.64. The highest BCUT2D eigenvalue weighted by Crippen LogP contribution is 2.21. The van der Waals surface area contributed by atoms with E-state index in [9.17, 15) is 13.6 Å². The van der Waals surface area contributed by atoms with Crippen LogP contribution in [-0.4, -0.2) is 11.9 Å². The highest BCUT2D eigenvalue weighted by atomic mass is 19.1. The number of nitrogens with two attached hydrogens (primary N) is 1. The molecule has 0 aliphatic heterocycles. The minimum atomic E-state index is -0.883. The van der Waals surface area contributed by atoms with Crippen molar-refractivity contribution in [3.8, 4) is 0 Å². The van der Waals surface area contributed by atoms with Gasteiger partial charge >= 0.3 is 0 Å². The minimum Gasteiger partial charge on any atom is -0.320 e. The number of aryl methyl sites for hydroxylation is 1. The Hall–Kier alpha value is -2.27. The van der Waals surface area contributed by atoms with Gasteiger partial charge in [0, 0.05) is 0 Å². The Kier molecular flexibility index (Phi) is 4.65. The molecule has 110 valence electrons. The fourth-order valence-corrected chi connectivity index (χ4v) is 1.95. The minimum absolute atomic E-state index is 0.253. The molecule has 0 spiro atoms. The summed E-state index contributed by atoms with van der Waals surface area (Å²) in [6.07, 6.45) is 0.293. The zero-order valence-electron chi connectivity index (χ0n) is 11.6. The highest BCUT2D eigenvalue weighted by Gasteiger charge is 2.19. The predicted molar refractivity (Wildman–Crippen MR) is 77.8 cm³/mol. The predicted octanol–water partition coefficient (Wildman–Crippen LogP) is 2.78. The van der Waals surface area contributed by atoms with Gasteiger partial charge in [-0.3, -0.25) is 4.79 Å². The average molecular weight is 290 g/mol. The Bertz CT molecular complexity index is 644. The first-order valence-corrected chi connectivity index (χ1v) is 6.54. The third-order valence-corrected chi connectivity index (χ3v) is 3.17. The second-order valence-corrected chi connectivity index (χ2v) is 4.84. The molecule has 1 amide bonds. The molecule has 0 aliphatic carbocycles. The Morgan fingerprint density at radius 2 is 1.86 bits per heavy atom. The summed E-state index contributed by atoms with van der Waals surface area (Å²) in [7, 11) is 0. The van der Waals surface area contributed by atoms with E-state index in [4.69, 9.17) is 5.73 Å². The Balaban J connectivity index is 2.10. The maximum atomic E-state index is 13.8. The van der Waals surface area contributed by atoms with E-state index in [1.54, 1.807) is 0 Å². The molecule has 0 aliphatic rings. The molecule has 0 radical (unpaired) electrons. The second kappa shape index (κ2) is 6.45. The van der Waals surface area contributed by atoms with Crippen molar-refractivity contribution in [2.45, 2.75) is 19.4 Å². The summed E-state index contributed by atoms with van der Waals surface area (Å²) in [5.74, 6) is -2.23. The fourth-order valence-electron chi connectivity index (χ4n) is 1.95. The van der Waals surface area contributed by atoms with Crippen LogP contribution in [0.3, 0.4) is 0 Å². The molecule has 2 aromatic carbocycles. The van der Waals surface area contributed by atoms with E-state index < -0.39 is 29.3 Å². The lowest BCUT2D eigenvalue weighted by Crippen LogP contribution is -2.37. The van der Waals surface area contributed by atoms with Crippen LogP contribution in [0, 0.1) is 18.6 Å². The molecule has 0 saturated carbocycles. The molecular formula is C16H16F2N2O. The van der Waals surface area contributed by atoms with Crippen LogP contribution in [-0.2, 0) is 11.2 Å². The molecular weight excluding hydrogens is 274 g/mol. The molecule has 0 aromatic heterocycles. The topological polar surface area (TPSA) is 55.1 Å². The smallest absolute Gasteiger partial charge is 0.241 e. The van der Waals surface area contributed by atoms with Crippen LogP contribution in [0.4, 0.5) is 14.5 Å². The van der Waals surface area contributed by atoms with Gasteiger partial charge < -0.3 is 11.1 Å². The van der Waals surface area contributed by atoms with E-state index in [1.165, 1.54) is 13.0 Å². The zero-order chi connectivity index (χ0) is 15.4. The number of benzene rings is 2. The third-order valence-electron chi connectivity index (χ3n) is 3.17. The van der Waals surface area contributed by atoms with Crippen molar-refractivity contribution < 1.29 is 13.6 Å². The van der Waals surface area contributed by atoms with E-state index in [2.05, 4.69) is 5.32 Å². The first-order chi connectivity index (χ1) is 9.99. The number of amides is 1. The molecule has 21 heavy (non-hydrogen) atoms. The number of anilines is 1. The van der Waals surface area contributed by atoms with Gasteiger partial charge in [0.15, 0.2) is 5.82 Å². The average Bonchev–Trinajstić information content (AvgIpc) is 2.48. The van der Waals surface area contributed by atoms with Crippen molar-refractivity contribution in [2.75, 3.05) is 5.32 Å². The summed E-state index contributed by atoms with van der Waals surface area (Å²) in [4.78, 5) is 12.0. The Morgan fingerprint density at radius 3 is 2.52 bits per heavy atom. The number of carbonyl (C=O) groups is 1. The Morgan fingerprint density at radius 1 is 1.19 bits per heavy atom. The molecule has 2 rings (SSSR count). The molecule has 0 bridgehead atoms. The van der Waals surface area contributed by atoms with Crippen LogP contribution in [0.2, 0.25) is 0 Å². The van der Waals surface area contributed by atoms with Crippen LogP contribution in [0.5, 0.6) is 0 Å². The quantitative estimate of drug-likeness (QED) is 0.909. The first kappa shape index (κ1) is 15.1. The highest BCUT2D eigenvalue weighted by molar-refractivity contribution is 5.95. The van der Waals surface area contributed by atoms with Gasteiger partial charge in [-0.25, -0.2) is 8.78 Å². The molecule has 2 aromatic rings. The van der Waals surface area contributed by atoms with Crippen LogP contribution in [0.25, 0.3) is 0 Å². The maximum absolute atomic E-state index is 13.8. The van der Waals surface area contributed by atoms with Gasteiger partial charge in [0.25, 0.3) is 0 Å². The zero-order valence-corrected chi connectivity index (χ0v) is 11.6. The van der Waals surface area contributed by atoms with Gasteiger partial charge in [0.05, 0.1) is 6.04 Å². The van der Waals surface area contributed by atoms with Crippen molar-refractivity contribution in [1.29, 1.82) is 0 Å². The number of rotatable bonds is 4. The lowest BCUT2D eigenvalue weighted by Gasteiger charge is -2.14. The molecule has 3 nitrogen and oxygen atoms in total. The first-order valence-electron chi connectivity index (χ1n) is 6.54. The lowest BCUT2D eigenvalue weighted by atomic mass is 10.1. The second-order valence-electron chi connectivity index (χ2n) is 4.84. The van der Waals surface area contributed by atoms with Gasteiger partial charge in [0.1, 0.15) is 11.5 Å². The van der Waals surface area contributed by atoms with Crippen molar-refractivity contribution >= 4 is 11.6 Å². The van der Waals surface area contributed by atoms with Crippen LogP contribution in [0.15, 0.2) is 42.5 Å². The van der Waals surface area contributed by atoms with Gasteiger partial charge in [-0.2, -0.15) is 0 Å². The molecule has 0 fully saturated rings. The maximum Gasteiger partial charge on any atom is 0.241 e. The van der Waals surface area contributed by atoms with Crippen molar-refractivity contribution in [1.82, 2.24) is 0 Å². The molecule has 0 heterocycles. The van der Waals surface area contributed by atoms with E-state index >= 15 is 0 Å². The van der Waals surface area contributed by atoms with Crippen molar-refractivity contribution in [2.24, 2.45) is 5.73 Å². The van der Waals surface area contributed by atoms with Crippen LogP contribution < -0.4 is 11.1 Å². The van der Waals surface area contributed by atoms with E-state index in [1.807, 2.05) is 30.3 Å². The van der Waals surface area contributed by atoms with Gasteiger partial charge in [0.2, 0.25) is 5.91 Å². The SMILES string of the molecule is Cc1ccc(F)c(NC(=O)[C@H](N)Cc2ccccc2)c1F. The fraction of sp³-hybridized carbons (Fsp3) is 0.188. The standard InChI is InChI=1S/C16H16F2N2O/c1-10-7-8-12(17)15(14(10)18)20-16(21)13(19)9-11-5-3-2-4-6-11/h2-8,13H,9,19H2,1H3,(H,20,21)/t13-/m1/s1. The van der Waals surface area contributed by atoms with Gasteiger partial charge in [-0.15, -0.1) is 0 Å². The molecule has 3 N–H and O–H groups in total. The van der Waals surface area contributed by atoms with Gasteiger partial charge in [-0.1, -0.05) is 36.4 Å². The normalized spacial score (nSPS) is 12.0. The number of hydrogen-bond donors (Lipinski definition) is 2.